The number of benzene rings is 2. The maximum absolute atomic E-state index is 12.5. The number of nitrogens with zero attached hydrogens (tertiary/aromatic N) is 1. The molecule has 0 fully saturated rings. The first-order valence-corrected chi connectivity index (χ1v) is 9.29. The van der Waals surface area contributed by atoms with Crippen LogP contribution in [0.2, 0.25) is 5.02 Å². The lowest BCUT2D eigenvalue weighted by atomic mass is 10.2. The molecule has 3 aromatic rings. The summed E-state index contributed by atoms with van der Waals surface area (Å²) >= 11 is 7.67. The Labute approximate surface area is 159 Å². The molecule has 1 N–H and O–H groups in total. The second kappa shape index (κ2) is 6.97. The van der Waals surface area contributed by atoms with Crippen LogP contribution in [0.15, 0.2) is 41.8 Å². The molecule has 1 aliphatic heterocycles. The molecule has 26 heavy (non-hydrogen) atoms. The third-order valence-corrected chi connectivity index (χ3v) is 5.12. The van der Waals surface area contributed by atoms with Crippen molar-refractivity contribution in [1.82, 2.24) is 4.98 Å². The minimum atomic E-state index is -0.321. The van der Waals surface area contributed by atoms with Gasteiger partial charge in [-0.3, -0.25) is 4.79 Å². The van der Waals surface area contributed by atoms with Crippen LogP contribution in [0, 0.1) is 6.92 Å². The predicted molar refractivity (Wildman–Crippen MR) is 103 cm³/mol. The molecule has 0 aliphatic carbocycles. The zero-order valence-corrected chi connectivity index (χ0v) is 15.5. The van der Waals surface area contributed by atoms with Gasteiger partial charge in [0, 0.05) is 23.1 Å². The molecule has 1 aromatic heterocycles. The zero-order valence-electron chi connectivity index (χ0n) is 13.9. The molecular weight excluding hydrogens is 372 g/mol. The van der Waals surface area contributed by atoms with Crippen LogP contribution >= 0.6 is 22.9 Å². The van der Waals surface area contributed by atoms with Crippen molar-refractivity contribution < 1.29 is 14.3 Å². The van der Waals surface area contributed by atoms with E-state index in [4.69, 9.17) is 21.1 Å². The molecule has 0 atom stereocenters. The number of hydrogen-bond donors (Lipinski definition) is 1. The van der Waals surface area contributed by atoms with Crippen LogP contribution in [0.25, 0.3) is 10.6 Å². The summed E-state index contributed by atoms with van der Waals surface area (Å²) in [5.41, 5.74) is 2.97. The van der Waals surface area contributed by atoms with Gasteiger partial charge in [-0.15, -0.1) is 11.3 Å². The number of amides is 1. The van der Waals surface area contributed by atoms with Gasteiger partial charge in [0.1, 0.15) is 23.9 Å². The van der Waals surface area contributed by atoms with E-state index in [1.54, 1.807) is 17.5 Å². The van der Waals surface area contributed by atoms with Crippen molar-refractivity contribution >= 4 is 34.5 Å². The quantitative estimate of drug-likeness (QED) is 0.702. The van der Waals surface area contributed by atoms with Crippen LogP contribution in [0.4, 0.5) is 5.69 Å². The highest BCUT2D eigenvalue weighted by Gasteiger charge is 2.18. The second-order valence-electron chi connectivity index (χ2n) is 5.83. The largest absolute Gasteiger partial charge is 0.486 e. The van der Waals surface area contributed by atoms with Gasteiger partial charge in [0.2, 0.25) is 0 Å². The fourth-order valence-corrected chi connectivity index (χ4v) is 3.56. The van der Waals surface area contributed by atoms with Gasteiger partial charge >= 0.3 is 0 Å². The molecule has 5 nitrogen and oxygen atoms in total. The zero-order chi connectivity index (χ0) is 18.1. The normalized spacial score (nSPS) is 12.7. The molecule has 1 amide bonds. The number of anilines is 1. The number of aromatic nitrogens is 1. The molecule has 2 heterocycles. The van der Waals surface area contributed by atoms with Crippen molar-refractivity contribution in [3.05, 3.63) is 58.1 Å². The van der Waals surface area contributed by atoms with Crippen LogP contribution in [-0.2, 0) is 0 Å². The van der Waals surface area contributed by atoms with Crippen LogP contribution < -0.4 is 14.8 Å². The van der Waals surface area contributed by atoms with Crippen LogP contribution in [0.1, 0.15) is 16.1 Å². The summed E-state index contributed by atoms with van der Waals surface area (Å²) in [6, 6.07) is 11.3. The van der Waals surface area contributed by atoms with E-state index < -0.39 is 0 Å². The van der Waals surface area contributed by atoms with Crippen molar-refractivity contribution in [3.8, 4) is 22.1 Å². The standard InChI is InChI=1S/C19H15ClN2O3S/c1-11-2-4-12(5-3-11)19-22-15(10-26-19)18(23)21-14-9-17-16(8-13(14)20)24-6-7-25-17/h2-5,8-10H,6-7H2,1H3,(H,21,23). The van der Waals surface area contributed by atoms with Crippen molar-refractivity contribution in [2.75, 3.05) is 18.5 Å². The average Bonchev–Trinajstić information content (AvgIpc) is 3.13. The third-order valence-electron chi connectivity index (χ3n) is 3.92. The lowest BCUT2D eigenvalue weighted by Crippen LogP contribution is -2.17. The molecule has 0 spiro atoms. The molecule has 1 aliphatic rings. The van der Waals surface area contributed by atoms with E-state index in [1.807, 2.05) is 31.2 Å². The van der Waals surface area contributed by atoms with E-state index in [9.17, 15) is 4.79 Å². The Morgan fingerprint density at radius 1 is 1.15 bits per heavy atom. The molecule has 0 saturated carbocycles. The van der Waals surface area contributed by atoms with Crippen LogP contribution in [-0.4, -0.2) is 24.1 Å². The molecule has 0 unspecified atom stereocenters. The number of carbonyl (C=O) groups excluding carboxylic acids is 1. The van der Waals surface area contributed by atoms with E-state index in [-0.39, 0.29) is 5.91 Å². The summed E-state index contributed by atoms with van der Waals surface area (Å²) in [5.74, 6) is 0.822. The fourth-order valence-electron chi connectivity index (χ4n) is 2.55. The Morgan fingerprint density at radius 3 is 2.58 bits per heavy atom. The number of rotatable bonds is 3. The van der Waals surface area contributed by atoms with E-state index in [0.29, 0.717) is 41.1 Å². The minimum Gasteiger partial charge on any atom is -0.486 e. The number of halogens is 1. The number of hydrogen-bond acceptors (Lipinski definition) is 5. The van der Waals surface area contributed by atoms with E-state index in [1.165, 1.54) is 16.9 Å². The molecule has 132 valence electrons. The number of carbonyl (C=O) groups is 1. The maximum atomic E-state index is 12.5. The molecule has 4 rings (SSSR count). The highest BCUT2D eigenvalue weighted by molar-refractivity contribution is 7.13. The fraction of sp³-hybridized carbons (Fsp3) is 0.158. The minimum absolute atomic E-state index is 0.321. The second-order valence-corrected chi connectivity index (χ2v) is 7.10. The lowest BCUT2D eigenvalue weighted by molar-refractivity contribution is 0.102. The lowest BCUT2D eigenvalue weighted by Gasteiger charge is -2.19. The Hall–Kier alpha value is -2.57. The molecule has 2 aromatic carbocycles. The Kier molecular flexibility index (Phi) is 4.53. The number of fused-ring (bicyclic) bond motifs is 1. The summed E-state index contributed by atoms with van der Waals surface area (Å²) in [6.45, 7) is 2.98. The van der Waals surface area contributed by atoms with Gasteiger partial charge in [-0.05, 0) is 6.92 Å². The summed E-state index contributed by atoms with van der Waals surface area (Å²) in [6.07, 6.45) is 0. The average molecular weight is 387 g/mol. The topological polar surface area (TPSA) is 60.5 Å². The first-order valence-electron chi connectivity index (χ1n) is 8.03. The van der Waals surface area contributed by atoms with Gasteiger partial charge in [0.25, 0.3) is 5.91 Å². The van der Waals surface area contributed by atoms with Crippen molar-refractivity contribution in [2.45, 2.75) is 6.92 Å². The predicted octanol–water partition coefficient (Wildman–Crippen LogP) is 4.80. The summed E-state index contributed by atoms with van der Waals surface area (Å²) in [4.78, 5) is 17.0. The molecule has 0 saturated heterocycles. The SMILES string of the molecule is Cc1ccc(-c2nc(C(=O)Nc3cc4c(cc3Cl)OCCO4)cs2)cc1. The summed E-state index contributed by atoms with van der Waals surface area (Å²) in [7, 11) is 0. The molecule has 0 radical (unpaired) electrons. The summed E-state index contributed by atoms with van der Waals surface area (Å²) in [5, 5.41) is 5.70. The van der Waals surface area contributed by atoms with Gasteiger partial charge in [0.05, 0.1) is 10.7 Å². The Balaban J connectivity index is 1.55. The third kappa shape index (κ3) is 3.38. The molecular formula is C19H15ClN2O3S. The Bertz CT molecular complexity index is 969. The van der Waals surface area contributed by atoms with Gasteiger partial charge in [-0.25, -0.2) is 4.98 Å². The molecule has 7 heteroatoms. The number of ether oxygens (including phenoxy) is 2. The van der Waals surface area contributed by atoms with Crippen molar-refractivity contribution in [1.29, 1.82) is 0 Å². The highest BCUT2D eigenvalue weighted by Crippen LogP contribution is 2.38. The maximum Gasteiger partial charge on any atom is 0.275 e. The number of thiazole rings is 1. The molecule has 0 bridgehead atoms. The number of aryl methyl sites for hydroxylation is 1. The van der Waals surface area contributed by atoms with E-state index in [0.717, 1.165) is 10.6 Å². The Morgan fingerprint density at radius 2 is 1.85 bits per heavy atom. The van der Waals surface area contributed by atoms with Crippen molar-refractivity contribution in [3.63, 3.8) is 0 Å². The van der Waals surface area contributed by atoms with Gasteiger partial charge in [0.15, 0.2) is 11.5 Å². The monoisotopic (exact) mass is 386 g/mol. The van der Waals surface area contributed by atoms with Gasteiger partial charge < -0.3 is 14.8 Å². The smallest absolute Gasteiger partial charge is 0.275 e. The van der Waals surface area contributed by atoms with Gasteiger partial charge in [-0.1, -0.05) is 41.4 Å². The van der Waals surface area contributed by atoms with Crippen molar-refractivity contribution in [2.24, 2.45) is 0 Å². The first kappa shape index (κ1) is 16.9. The van der Waals surface area contributed by atoms with Gasteiger partial charge in [-0.2, -0.15) is 0 Å². The van der Waals surface area contributed by atoms with E-state index >= 15 is 0 Å². The van der Waals surface area contributed by atoms with Crippen LogP contribution in [0.5, 0.6) is 11.5 Å². The number of nitrogens with one attached hydrogen (secondary N) is 1. The highest BCUT2D eigenvalue weighted by atomic mass is 35.5. The summed E-state index contributed by atoms with van der Waals surface area (Å²) < 4.78 is 11.0. The first-order chi connectivity index (χ1) is 12.6. The van der Waals surface area contributed by atoms with Crippen LogP contribution in [0.3, 0.4) is 0 Å². The van der Waals surface area contributed by atoms with E-state index in [2.05, 4.69) is 10.3 Å².